The molecule has 0 aromatic heterocycles. The lowest BCUT2D eigenvalue weighted by Gasteiger charge is -2.03. The van der Waals surface area contributed by atoms with E-state index in [4.69, 9.17) is 0 Å². The molecule has 0 N–H and O–H groups in total. The van der Waals surface area contributed by atoms with E-state index >= 15 is 0 Å². The summed E-state index contributed by atoms with van der Waals surface area (Å²) in [7, 11) is 0. The number of hydrogen-bond acceptors (Lipinski definition) is 4. The largest absolute Gasteiger partial charge is 0.314 e. The normalized spacial score (nSPS) is 11.1. The van der Waals surface area contributed by atoms with E-state index in [2.05, 4.69) is 33.4 Å². The van der Waals surface area contributed by atoms with Crippen LogP contribution in [0.25, 0.3) is 0 Å². The Labute approximate surface area is 161 Å². The predicted molar refractivity (Wildman–Crippen MR) is 108 cm³/mol. The Balaban J connectivity index is 3.02. The highest BCUT2D eigenvalue weighted by Gasteiger charge is 1.94. The second kappa shape index (κ2) is 24.0. The Morgan fingerprint density at radius 3 is 1.46 bits per heavy atom. The molecule has 0 rings (SSSR count). The Kier molecular flexibility index (Phi) is 23.1. The van der Waals surface area contributed by atoms with Crippen LogP contribution in [0.4, 0.5) is 0 Å². The fraction of sp³-hybridized carbons (Fsp3) is 0.818. The zero-order valence-corrected chi connectivity index (χ0v) is 17.1. The Hall–Kier alpha value is -1.00. The topological polar surface area (TPSA) is 36.9 Å². The zero-order valence-electron chi connectivity index (χ0n) is 17.1. The predicted octanol–water partition coefficient (Wildman–Crippen LogP) is 8.11. The van der Waals surface area contributed by atoms with Gasteiger partial charge in [0, 0.05) is 10.1 Å². The van der Waals surface area contributed by atoms with Gasteiger partial charge in [-0.25, -0.2) is 0 Å². The molecule has 0 aliphatic carbocycles. The molecule has 0 aromatic carbocycles. The molecule has 4 heteroatoms. The van der Waals surface area contributed by atoms with Crippen LogP contribution < -0.4 is 0 Å². The molecule has 0 saturated carbocycles. The van der Waals surface area contributed by atoms with Crippen molar-refractivity contribution in [3.8, 4) is 0 Å². The van der Waals surface area contributed by atoms with E-state index in [0.29, 0.717) is 0 Å². The first-order valence-corrected chi connectivity index (χ1v) is 10.8. The third kappa shape index (κ3) is 23.0. The summed E-state index contributed by atoms with van der Waals surface area (Å²) in [5.41, 5.74) is 0. The minimum Gasteiger partial charge on any atom is -0.314 e. The molecule has 0 unspecified atom stereocenters. The molecule has 0 aromatic rings. The van der Waals surface area contributed by atoms with Crippen LogP contribution >= 0.6 is 0 Å². The zero-order chi connectivity index (χ0) is 19.0. The molecule has 0 aliphatic rings. The maximum absolute atomic E-state index is 4.59. The third-order valence-corrected chi connectivity index (χ3v) is 4.55. The lowest BCUT2D eigenvalue weighted by atomic mass is 10.0. The molecule has 0 atom stereocenters. The van der Waals surface area contributed by atoms with Crippen LogP contribution in [0.3, 0.4) is 0 Å². The van der Waals surface area contributed by atoms with Crippen LogP contribution in [0.1, 0.15) is 116 Å². The monoisotopic (exact) mass is 370 g/mol. The van der Waals surface area contributed by atoms with Crippen molar-refractivity contribution in [3.05, 3.63) is 25.2 Å². The average Bonchev–Trinajstić information content (AvgIpc) is 2.66. The Bertz CT molecular complexity index is 292. The fourth-order valence-corrected chi connectivity index (χ4v) is 3.00. The van der Waals surface area contributed by atoms with Crippen LogP contribution in [-0.2, 0) is 19.9 Å². The molecule has 26 heavy (non-hydrogen) atoms. The second-order valence-corrected chi connectivity index (χ2v) is 6.96. The maximum Gasteiger partial charge on any atom is 0.129 e. The number of hydrogen-bond donors (Lipinski definition) is 0. The summed E-state index contributed by atoms with van der Waals surface area (Å²) in [5, 5.41) is 8.36. The Morgan fingerprint density at radius 2 is 1.00 bits per heavy atom. The van der Waals surface area contributed by atoms with E-state index in [1.807, 2.05) is 6.08 Å². The highest BCUT2D eigenvalue weighted by Crippen LogP contribution is 2.14. The standard InChI is InChI=1S/C22H42O4/c1-3-5-6-7-8-9-10-11-12-13-14-15-16-17-18-19-20-21-22-24-26-25-23-4-2/h4,21-22H,2-3,5-20H2,1H3. The molecular formula is C22H42O4. The summed E-state index contributed by atoms with van der Waals surface area (Å²) >= 11 is 0. The van der Waals surface area contributed by atoms with E-state index in [1.165, 1.54) is 109 Å². The molecule has 0 heterocycles. The fourth-order valence-electron chi connectivity index (χ4n) is 3.00. The van der Waals surface area contributed by atoms with Crippen molar-refractivity contribution in [1.29, 1.82) is 0 Å². The minimum atomic E-state index is 0.990. The van der Waals surface area contributed by atoms with Gasteiger partial charge in [-0.1, -0.05) is 110 Å². The molecule has 0 amide bonds. The van der Waals surface area contributed by atoms with Crippen LogP contribution in [0.5, 0.6) is 0 Å². The molecule has 0 spiro atoms. The van der Waals surface area contributed by atoms with Crippen molar-refractivity contribution >= 4 is 0 Å². The van der Waals surface area contributed by atoms with Gasteiger partial charge in [-0.15, -0.1) is 0 Å². The van der Waals surface area contributed by atoms with Gasteiger partial charge in [0.2, 0.25) is 0 Å². The van der Waals surface area contributed by atoms with Crippen molar-refractivity contribution in [2.24, 2.45) is 0 Å². The molecule has 154 valence electrons. The van der Waals surface area contributed by atoms with Crippen molar-refractivity contribution in [2.45, 2.75) is 116 Å². The van der Waals surface area contributed by atoms with Gasteiger partial charge in [0.15, 0.2) is 0 Å². The van der Waals surface area contributed by atoms with Gasteiger partial charge in [0.25, 0.3) is 0 Å². The summed E-state index contributed by atoms with van der Waals surface area (Å²) in [6, 6.07) is 0. The van der Waals surface area contributed by atoms with Crippen LogP contribution in [0.2, 0.25) is 0 Å². The van der Waals surface area contributed by atoms with Gasteiger partial charge < -0.3 is 9.78 Å². The summed E-state index contributed by atoms with van der Waals surface area (Å²) in [4.78, 5) is 8.85. The summed E-state index contributed by atoms with van der Waals surface area (Å²) in [6.07, 6.45) is 27.7. The first-order valence-electron chi connectivity index (χ1n) is 10.8. The third-order valence-electron chi connectivity index (χ3n) is 4.55. The van der Waals surface area contributed by atoms with Gasteiger partial charge >= 0.3 is 0 Å². The minimum absolute atomic E-state index is 0.990. The van der Waals surface area contributed by atoms with Crippen molar-refractivity contribution < 1.29 is 19.9 Å². The van der Waals surface area contributed by atoms with Gasteiger partial charge in [0.1, 0.15) is 12.5 Å². The molecular weight excluding hydrogens is 328 g/mol. The van der Waals surface area contributed by atoms with E-state index in [9.17, 15) is 0 Å². The highest BCUT2D eigenvalue weighted by molar-refractivity contribution is 4.71. The van der Waals surface area contributed by atoms with Gasteiger partial charge in [-0.2, -0.15) is 0 Å². The van der Waals surface area contributed by atoms with Crippen molar-refractivity contribution in [3.63, 3.8) is 0 Å². The van der Waals surface area contributed by atoms with E-state index in [1.54, 1.807) is 0 Å². The van der Waals surface area contributed by atoms with Crippen LogP contribution in [0.15, 0.2) is 25.2 Å². The summed E-state index contributed by atoms with van der Waals surface area (Å²) < 4.78 is 0. The van der Waals surface area contributed by atoms with Gasteiger partial charge in [0.05, 0.1) is 0 Å². The Morgan fingerprint density at radius 1 is 0.577 bits per heavy atom. The molecule has 0 radical (unpaired) electrons. The lowest BCUT2D eigenvalue weighted by Crippen LogP contribution is -1.88. The van der Waals surface area contributed by atoms with E-state index in [-0.39, 0.29) is 0 Å². The number of allylic oxidation sites excluding steroid dienone is 1. The quantitative estimate of drug-likeness (QED) is 0.0834. The SMILES string of the molecule is C=COOOOC=CCCCCCCCCCCCCCCCCCC. The number of rotatable bonds is 22. The highest BCUT2D eigenvalue weighted by atomic mass is 17.7. The molecule has 4 nitrogen and oxygen atoms in total. The first kappa shape index (κ1) is 25.0. The molecule has 0 saturated heterocycles. The van der Waals surface area contributed by atoms with Crippen molar-refractivity contribution in [2.75, 3.05) is 0 Å². The first-order chi connectivity index (χ1) is 12.9. The van der Waals surface area contributed by atoms with Crippen LogP contribution in [0, 0.1) is 0 Å². The molecule has 0 fully saturated rings. The van der Waals surface area contributed by atoms with Crippen LogP contribution in [-0.4, -0.2) is 0 Å². The number of unbranched alkanes of at least 4 members (excludes halogenated alkanes) is 16. The van der Waals surface area contributed by atoms with Gasteiger partial charge in [-0.3, -0.25) is 0 Å². The molecule has 0 aliphatic heterocycles. The second-order valence-electron chi connectivity index (χ2n) is 6.96. The van der Waals surface area contributed by atoms with Gasteiger partial charge in [-0.05, 0) is 18.9 Å². The van der Waals surface area contributed by atoms with E-state index < -0.39 is 0 Å². The maximum atomic E-state index is 4.59. The summed E-state index contributed by atoms with van der Waals surface area (Å²) in [5.74, 6) is 0. The lowest BCUT2D eigenvalue weighted by molar-refractivity contribution is -0.607. The average molecular weight is 371 g/mol. The smallest absolute Gasteiger partial charge is 0.129 e. The van der Waals surface area contributed by atoms with E-state index in [0.717, 1.165) is 12.7 Å². The van der Waals surface area contributed by atoms with Crippen molar-refractivity contribution in [1.82, 2.24) is 0 Å². The summed E-state index contributed by atoms with van der Waals surface area (Å²) in [6.45, 7) is 5.57. The molecule has 0 bridgehead atoms.